The molecule has 4 unspecified atom stereocenters. The van der Waals surface area contributed by atoms with Gasteiger partial charge in [0.25, 0.3) is 0 Å². The predicted molar refractivity (Wildman–Crippen MR) is 71.6 cm³/mol. The van der Waals surface area contributed by atoms with Crippen LogP contribution in [0.15, 0.2) is 0 Å². The van der Waals surface area contributed by atoms with E-state index in [-0.39, 0.29) is 0 Å². The fourth-order valence-corrected chi connectivity index (χ4v) is 8.44. The van der Waals surface area contributed by atoms with Gasteiger partial charge in [-0.3, -0.25) is 0 Å². The molecule has 0 aromatic heterocycles. The number of rotatable bonds is 1. The van der Waals surface area contributed by atoms with Crippen molar-refractivity contribution >= 4 is 0 Å². The normalized spacial score (nSPS) is 71.2. The molecule has 0 spiro atoms. The molecule has 0 radical (unpaired) electrons. The molecule has 0 saturated heterocycles. The summed E-state index contributed by atoms with van der Waals surface area (Å²) in [7, 11) is 0. The molecule has 7 rings (SSSR count). The van der Waals surface area contributed by atoms with Crippen molar-refractivity contribution in [2.75, 3.05) is 6.54 Å². The number of quaternary nitrogens is 1. The zero-order valence-electron chi connectivity index (χ0n) is 12.0. The maximum atomic E-state index is 4.36. The molecule has 0 aliphatic heterocycles. The first-order valence-electron chi connectivity index (χ1n) is 8.30. The Labute approximate surface area is 111 Å². The molecule has 8 bridgehead atoms. The Balaban J connectivity index is 1.72. The molecule has 18 heavy (non-hydrogen) atoms. The smallest absolute Gasteiger partial charge is 0.0797 e. The van der Waals surface area contributed by atoms with Gasteiger partial charge in [-0.1, -0.05) is 13.8 Å². The Morgan fingerprint density at radius 1 is 0.889 bits per heavy atom. The SMILES string of the molecule is CC12CC3CC4C1CC1(C[NH3+])CC2C(C3)C4(C)C1. The second kappa shape index (κ2) is 2.71. The van der Waals surface area contributed by atoms with Crippen LogP contribution in [-0.4, -0.2) is 6.54 Å². The second-order valence-electron chi connectivity index (χ2n) is 9.31. The average Bonchev–Trinajstić information content (AvgIpc) is 2.35. The van der Waals surface area contributed by atoms with Crippen molar-refractivity contribution in [3.05, 3.63) is 0 Å². The molecule has 1 heteroatoms. The first-order chi connectivity index (χ1) is 8.51. The lowest BCUT2D eigenvalue weighted by Gasteiger charge is -2.79. The van der Waals surface area contributed by atoms with E-state index in [9.17, 15) is 0 Å². The molecule has 7 aliphatic carbocycles. The van der Waals surface area contributed by atoms with E-state index in [2.05, 4.69) is 19.6 Å². The average molecular weight is 246 g/mol. The summed E-state index contributed by atoms with van der Waals surface area (Å²) in [4.78, 5) is 0. The molecular formula is C17H28N+. The largest absolute Gasteiger partial charge is 0.357 e. The van der Waals surface area contributed by atoms with Crippen LogP contribution in [0.1, 0.15) is 52.4 Å². The van der Waals surface area contributed by atoms with Crippen molar-refractivity contribution in [3.8, 4) is 0 Å². The highest BCUT2D eigenvalue weighted by Crippen LogP contribution is 2.81. The Kier molecular flexibility index (Phi) is 1.61. The summed E-state index contributed by atoms with van der Waals surface area (Å²) in [5.41, 5.74) is 6.50. The monoisotopic (exact) mass is 246 g/mol. The number of hydrogen-bond donors (Lipinski definition) is 1. The highest BCUT2D eigenvalue weighted by atomic mass is 14.8. The molecule has 7 saturated carbocycles. The van der Waals surface area contributed by atoms with Crippen molar-refractivity contribution < 1.29 is 5.73 Å². The summed E-state index contributed by atoms with van der Waals surface area (Å²) in [6.45, 7) is 6.59. The molecule has 3 N–H and O–H groups in total. The molecule has 0 heterocycles. The third-order valence-electron chi connectivity index (χ3n) is 8.85. The molecule has 1 nitrogen and oxygen atoms in total. The Morgan fingerprint density at radius 3 is 2.06 bits per heavy atom. The van der Waals surface area contributed by atoms with Gasteiger partial charge in [-0.15, -0.1) is 0 Å². The van der Waals surface area contributed by atoms with Crippen LogP contribution in [0.25, 0.3) is 0 Å². The van der Waals surface area contributed by atoms with E-state index in [1.807, 2.05) is 0 Å². The summed E-state index contributed by atoms with van der Waals surface area (Å²) < 4.78 is 0. The van der Waals surface area contributed by atoms with Crippen LogP contribution in [0.5, 0.6) is 0 Å². The molecule has 100 valence electrons. The molecule has 0 amide bonds. The lowest BCUT2D eigenvalue weighted by molar-refractivity contribution is -0.423. The van der Waals surface area contributed by atoms with Gasteiger partial charge in [0.2, 0.25) is 0 Å². The maximum absolute atomic E-state index is 4.36. The first kappa shape index (κ1) is 10.7. The van der Waals surface area contributed by atoms with Gasteiger partial charge < -0.3 is 5.73 Å². The van der Waals surface area contributed by atoms with Crippen LogP contribution in [0.2, 0.25) is 0 Å². The van der Waals surface area contributed by atoms with E-state index in [0.29, 0.717) is 5.41 Å². The maximum Gasteiger partial charge on any atom is 0.0797 e. The first-order valence-corrected chi connectivity index (χ1v) is 8.30. The summed E-state index contributed by atoms with van der Waals surface area (Å²) in [6.07, 6.45) is 9.39. The highest BCUT2D eigenvalue weighted by Gasteiger charge is 2.75. The number of hydrogen-bond acceptors (Lipinski definition) is 0. The summed E-state index contributed by atoms with van der Waals surface area (Å²) >= 11 is 0. The van der Waals surface area contributed by atoms with Crippen molar-refractivity contribution in [2.24, 2.45) is 45.8 Å². The van der Waals surface area contributed by atoms with Crippen LogP contribution in [0.4, 0.5) is 0 Å². The molecule has 0 aromatic carbocycles. The molecular weight excluding hydrogens is 218 g/mol. The van der Waals surface area contributed by atoms with Gasteiger partial charge in [-0.25, -0.2) is 0 Å². The third kappa shape index (κ3) is 0.873. The van der Waals surface area contributed by atoms with E-state index in [1.54, 1.807) is 32.1 Å². The molecule has 4 atom stereocenters. The van der Waals surface area contributed by atoms with E-state index in [4.69, 9.17) is 0 Å². The van der Waals surface area contributed by atoms with Gasteiger partial charge in [0, 0.05) is 5.41 Å². The van der Waals surface area contributed by atoms with Crippen molar-refractivity contribution in [1.82, 2.24) is 0 Å². The van der Waals surface area contributed by atoms with Crippen molar-refractivity contribution in [1.29, 1.82) is 0 Å². The van der Waals surface area contributed by atoms with E-state index in [1.165, 1.54) is 13.0 Å². The minimum absolute atomic E-state index is 0.667. The zero-order valence-corrected chi connectivity index (χ0v) is 12.0. The van der Waals surface area contributed by atoms with E-state index < -0.39 is 0 Å². The Hall–Kier alpha value is -0.0400. The standard InChI is InChI=1S/C17H27N/c1-15-5-10-3-11-13(15)6-17(9-18)7-14(15)12(4-10)16(11,2)8-17/h10-14H,3-9,18H2,1-2H3/p+1. The van der Waals surface area contributed by atoms with Gasteiger partial charge in [-0.05, 0) is 78.9 Å². The van der Waals surface area contributed by atoms with Gasteiger partial charge in [-0.2, -0.15) is 0 Å². The van der Waals surface area contributed by atoms with Crippen LogP contribution in [0, 0.1) is 45.8 Å². The minimum Gasteiger partial charge on any atom is -0.357 e. The lowest BCUT2D eigenvalue weighted by atomic mass is 9.25. The van der Waals surface area contributed by atoms with E-state index >= 15 is 0 Å². The van der Waals surface area contributed by atoms with Crippen molar-refractivity contribution in [2.45, 2.75) is 52.4 Å². The molecule has 0 aromatic rings. The topological polar surface area (TPSA) is 27.6 Å². The quantitative estimate of drug-likeness (QED) is 0.737. The summed E-state index contributed by atoms with van der Waals surface area (Å²) in [5, 5.41) is 0. The van der Waals surface area contributed by atoms with Gasteiger partial charge in [0.05, 0.1) is 6.54 Å². The van der Waals surface area contributed by atoms with Crippen LogP contribution in [0.3, 0.4) is 0 Å². The second-order valence-corrected chi connectivity index (χ2v) is 9.31. The van der Waals surface area contributed by atoms with Gasteiger partial charge in [0.1, 0.15) is 0 Å². The minimum atomic E-state index is 0.667. The van der Waals surface area contributed by atoms with Gasteiger partial charge >= 0.3 is 0 Å². The van der Waals surface area contributed by atoms with Crippen molar-refractivity contribution in [3.63, 3.8) is 0 Å². The van der Waals surface area contributed by atoms with Crippen LogP contribution < -0.4 is 5.73 Å². The van der Waals surface area contributed by atoms with Crippen LogP contribution in [-0.2, 0) is 0 Å². The third-order valence-corrected chi connectivity index (χ3v) is 8.85. The highest BCUT2D eigenvalue weighted by molar-refractivity contribution is 5.23. The summed E-state index contributed by atoms with van der Waals surface area (Å²) in [6, 6.07) is 0. The fraction of sp³-hybridized carbons (Fsp3) is 1.00. The van der Waals surface area contributed by atoms with Crippen LogP contribution >= 0.6 is 0 Å². The summed E-state index contributed by atoms with van der Waals surface area (Å²) in [5.74, 6) is 5.44. The zero-order chi connectivity index (χ0) is 12.3. The molecule has 7 fully saturated rings. The Morgan fingerprint density at radius 2 is 1.50 bits per heavy atom. The van der Waals surface area contributed by atoms with E-state index in [0.717, 1.165) is 40.4 Å². The lowest BCUT2D eigenvalue weighted by Crippen LogP contribution is -2.76. The van der Waals surface area contributed by atoms with Gasteiger partial charge in [0.15, 0.2) is 0 Å². The fourth-order valence-electron chi connectivity index (χ4n) is 8.44. The predicted octanol–water partition coefficient (Wildman–Crippen LogP) is 2.72. The molecule has 7 aliphatic rings. The Bertz CT molecular complexity index is 401.